The van der Waals surface area contributed by atoms with Gasteiger partial charge in [-0.25, -0.2) is 4.79 Å². The topological polar surface area (TPSA) is 64.6 Å². The Morgan fingerprint density at radius 3 is 2.34 bits per heavy atom. The van der Waals surface area contributed by atoms with Crippen molar-refractivity contribution < 1.29 is 19.1 Å². The first kappa shape index (κ1) is 20.6. The van der Waals surface area contributed by atoms with E-state index in [4.69, 9.17) is 9.47 Å². The number of ether oxygens (including phenoxy) is 2. The Morgan fingerprint density at radius 2 is 1.72 bits per heavy atom. The Bertz CT molecular complexity index is 978. The monoisotopic (exact) mass is 409 g/mol. The van der Waals surface area contributed by atoms with Crippen LogP contribution in [0, 0.1) is 0 Å². The Labute approximate surface area is 174 Å². The Kier molecular flexibility index (Phi) is 6.67. The van der Waals surface area contributed by atoms with Crippen LogP contribution in [0.4, 0.5) is 5.00 Å². The van der Waals surface area contributed by atoms with Gasteiger partial charge < -0.3 is 14.8 Å². The molecule has 0 aliphatic carbocycles. The molecule has 0 atom stereocenters. The van der Waals surface area contributed by atoms with E-state index in [0.29, 0.717) is 21.9 Å². The lowest BCUT2D eigenvalue weighted by atomic mass is 10.0. The molecule has 0 aliphatic heterocycles. The number of hydrogen-bond acceptors (Lipinski definition) is 5. The summed E-state index contributed by atoms with van der Waals surface area (Å²) in [5, 5.41) is 5.18. The minimum Gasteiger partial charge on any atom is -0.491 e. The highest BCUT2D eigenvalue weighted by Gasteiger charge is 2.23. The number of amides is 1. The molecule has 0 radical (unpaired) electrons. The first-order chi connectivity index (χ1) is 14.0. The van der Waals surface area contributed by atoms with Crippen LogP contribution in [0.2, 0.25) is 0 Å². The molecule has 0 bridgehead atoms. The molecular weight excluding hydrogens is 386 g/mol. The van der Waals surface area contributed by atoms with Crippen LogP contribution < -0.4 is 10.1 Å². The zero-order chi connectivity index (χ0) is 20.8. The average molecular weight is 410 g/mol. The van der Waals surface area contributed by atoms with Gasteiger partial charge in [0, 0.05) is 16.5 Å². The number of hydrogen-bond donors (Lipinski definition) is 1. The third kappa shape index (κ3) is 5.03. The van der Waals surface area contributed by atoms with E-state index in [1.54, 1.807) is 31.2 Å². The van der Waals surface area contributed by atoms with E-state index in [9.17, 15) is 9.59 Å². The maximum absolute atomic E-state index is 12.7. The quantitative estimate of drug-likeness (QED) is 0.514. The van der Waals surface area contributed by atoms with E-state index in [-0.39, 0.29) is 18.6 Å². The fourth-order valence-electron chi connectivity index (χ4n) is 2.82. The second kappa shape index (κ2) is 9.39. The SMILES string of the molecule is CCOC(=O)c1c(-c2ccccc2)csc1NC(=O)c1ccc(OC(C)C)cc1. The predicted molar refractivity (Wildman–Crippen MR) is 116 cm³/mol. The van der Waals surface area contributed by atoms with Crippen molar-refractivity contribution in [1.29, 1.82) is 0 Å². The molecule has 1 amide bonds. The molecule has 0 fully saturated rings. The van der Waals surface area contributed by atoms with Gasteiger partial charge in [0.2, 0.25) is 0 Å². The van der Waals surface area contributed by atoms with Crippen molar-refractivity contribution in [1.82, 2.24) is 0 Å². The summed E-state index contributed by atoms with van der Waals surface area (Å²) in [6, 6.07) is 16.5. The summed E-state index contributed by atoms with van der Waals surface area (Å²) in [5.74, 6) is -0.0528. The van der Waals surface area contributed by atoms with Gasteiger partial charge in [0.15, 0.2) is 0 Å². The molecule has 6 heteroatoms. The van der Waals surface area contributed by atoms with Crippen LogP contribution in [-0.4, -0.2) is 24.6 Å². The number of esters is 1. The van der Waals surface area contributed by atoms with Crippen molar-refractivity contribution in [3.63, 3.8) is 0 Å². The molecular formula is C23H23NO4S. The van der Waals surface area contributed by atoms with E-state index >= 15 is 0 Å². The van der Waals surface area contributed by atoms with Crippen LogP contribution in [0.25, 0.3) is 11.1 Å². The fourth-order valence-corrected chi connectivity index (χ4v) is 3.77. The number of nitrogens with one attached hydrogen (secondary N) is 1. The number of benzene rings is 2. The van der Waals surface area contributed by atoms with Gasteiger partial charge in [0.05, 0.1) is 12.7 Å². The van der Waals surface area contributed by atoms with Crippen LogP contribution in [0.3, 0.4) is 0 Å². The highest BCUT2D eigenvalue weighted by molar-refractivity contribution is 7.15. The third-order valence-electron chi connectivity index (χ3n) is 4.07. The molecule has 3 rings (SSSR count). The molecule has 0 aliphatic rings. The largest absolute Gasteiger partial charge is 0.491 e. The summed E-state index contributed by atoms with van der Waals surface area (Å²) in [6.45, 7) is 5.90. The normalized spacial score (nSPS) is 10.6. The van der Waals surface area contributed by atoms with Crippen molar-refractivity contribution in [2.75, 3.05) is 11.9 Å². The van der Waals surface area contributed by atoms with Crippen molar-refractivity contribution in [2.24, 2.45) is 0 Å². The van der Waals surface area contributed by atoms with Gasteiger partial charge in [-0.1, -0.05) is 30.3 Å². The molecule has 5 nitrogen and oxygen atoms in total. The van der Waals surface area contributed by atoms with E-state index < -0.39 is 5.97 Å². The smallest absolute Gasteiger partial charge is 0.341 e. The van der Waals surface area contributed by atoms with Gasteiger partial charge in [-0.2, -0.15) is 0 Å². The van der Waals surface area contributed by atoms with E-state index in [2.05, 4.69) is 5.32 Å². The first-order valence-electron chi connectivity index (χ1n) is 9.41. The number of anilines is 1. The lowest BCUT2D eigenvalue weighted by molar-refractivity contribution is 0.0529. The van der Waals surface area contributed by atoms with Gasteiger partial charge in [0.25, 0.3) is 5.91 Å². The molecule has 0 saturated heterocycles. The Hall–Kier alpha value is -3.12. The van der Waals surface area contributed by atoms with Gasteiger partial charge in [-0.15, -0.1) is 11.3 Å². The average Bonchev–Trinajstić information content (AvgIpc) is 3.12. The zero-order valence-corrected chi connectivity index (χ0v) is 17.4. The highest BCUT2D eigenvalue weighted by Crippen LogP contribution is 2.36. The summed E-state index contributed by atoms with van der Waals surface area (Å²) in [4.78, 5) is 25.3. The summed E-state index contributed by atoms with van der Waals surface area (Å²) in [7, 11) is 0. The second-order valence-electron chi connectivity index (χ2n) is 6.59. The Morgan fingerprint density at radius 1 is 1.03 bits per heavy atom. The van der Waals surface area contributed by atoms with Crippen molar-refractivity contribution in [3.05, 3.63) is 71.1 Å². The zero-order valence-electron chi connectivity index (χ0n) is 16.6. The van der Waals surface area contributed by atoms with E-state index in [0.717, 1.165) is 11.1 Å². The number of thiophene rings is 1. The summed E-state index contributed by atoms with van der Waals surface area (Å²) >= 11 is 1.30. The van der Waals surface area contributed by atoms with Crippen LogP contribution in [0.1, 0.15) is 41.5 Å². The van der Waals surface area contributed by atoms with E-state index in [1.165, 1.54) is 11.3 Å². The summed E-state index contributed by atoms with van der Waals surface area (Å²) in [6.07, 6.45) is 0.0596. The third-order valence-corrected chi connectivity index (χ3v) is 4.97. The molecule has 150 valence electrons. The van der Waals surface area contributed by atoms with Crippen molar-refractivity contribution >= 4 is 28.2 Å². The minimum absolute atomic E-state index is 0.0596. The van der Waals surface area contributed by atoms with Gasteiger partial charge in [-0.05, 0) is 50.6 Å². The van der Waals surface area contributed by atoms with Crippen molar-refractivity contribution in [2.45, 2.75) is 26.9 Å². The van der Waals surface area contributed by atoms with Crippen LogP contribution in [0.15, 0.2) is 60.0 Å². The minimum atomic E-state index is -0.455. The number of carbonyl (C=O) groups excluding carboxylic acids is 2. The standard InChI is InChI=1S/C23H23NO4S/c1-4-27-23(26)20-19(16-8-6-5-7-9-16)14-29-22(20)24-21(25)17-10-12-18(13-11-17)28-15(2)3/h5-15H,4H2,1-3H3,(H,24,25). The fraction of sp³-hybridized carbons (Fsp3) is 0.217. The van der Waals surface area contributed by atoms with Crippen LogP contribution in [0.5, 0.6) is 5.75 Å². The molecule has 29 heavy (non-hydrogen) atoms. The maximum atomic E-state index is 12.7. The second-order valence-corrected chi connectivity index (χ2v) is 7.46. The molecule has 1 N–H and O–H groups in total. The highest BCUT2D eigenvalue weighted by atomic mass is 32.1. The van der Waals surface area contributed by atoms with Gasteiger partial charge in [-0.3, -0.25) is 4.79 Å². The summed E-state index contributed by atoms with van der Waals surface area (Å²) < 4.78 is 10.8. The molecule has 0 spiro atoms. The maximum Gasteiger partial charge on any atom is 0.341 e. The van der Waals surface area contributed by atoms with Gasteiger partial charge >= 0.3 is 5.97 Å². The van der Waals surface area contributed by atoms with Crippen LogP contribution >= 0.6 is 11.3 Å². The molecule has 0 saturated carbocycles. The summed E-state index contributed by atoms with van der Waals surface area (Å²) in [5.41, 5.74) is 2.48. The predicted octanol–water partition coefficient (Wildman–Crippen LogP) is 5.63. The lowest BCUT2D eigenvalue weighted by Crippen LogP contribution is -2.15. The number of carbonyl (C=O) groups is 2. The molecule has 1 aromatic heterocycles. The van der Waals surface area contributed by atoms with E-state index in [1.807, 2.05) is 49.6 Å². The molecule has 1 heterocycles. The Balaban J connectivity index is 1.87. The molecule has 2 aromatic carbocycles. The molecule has 0 unspecified atom stereocenters. The number of rotatable bonds is 7. The van der Waals surface area contributed by atoms with Gasteiger partial charge in [0.1, 0.15) is 16.3 Å². The van der Waals surface area contributed by atoms with Crippen molar-refractivity contribution in [3.8, 4) is 16.9 Å². The first-order valence-corrected chi connectivity index (χ1v) is 10.3. The van der Waals surface area contributed by atoms with Crippen LogP contribution in [-0.2, 0) is 4.74 Å². The lowest BCUT2D eigenvalue weighted by Gasteiger charge is -2.11. The molecule has 3 aromatic rings.